The van der Waals surface area contributed by atoms with Gasteiger partial charge in [0, 0.05) is 44.5 Å². The number of nitrogens with two attached hydrogens (primary N) is 1. The average molecular weight is 558 g/mol. The molecule has 1 aliphatic heterocycles. The van der Waals surface area contributed by atoms with E-state index in [9.17, 15) is 0 Å². The molecule has 0 saturated carbocycles. The number of methoxy groups -OCH3 is 1. The molecule has 9 nitrogen and oxygen atoms in total. The van der Waals surface area contributed by atoms with Crippen LogP contribution in [0.3, 0.4) is 0 Å². The Balaban J connectivity index is 1.17. The van der Waals surface area contributed by atoms with Gasteiger partial charge in [-0.3, -0.25) is 4.90 Å². The molecule has 2 aromatic carbocycles. The van der Waals surface area contributed by atoms with Crippen molar-refractivity contribution in [1.82, 2.24) is 24.8 Å². The summed E-state index contributed by atoms with van der Waals surface area (Å²) < 4.78 is 14.1. The Hall–Kier alpha value is -3.66. The monoisotopic (exact) mass is 557 g/mol. The molecule has 2 aromatic heterocycles. The number of nitrogens with zero attached hydrogens (tertiary/aromatic N) is 4. The van der Waals surface area contributed by atoms with Crippen molar-refractivity contribution in [2.45, 2.75) is 58.5 Å². The van der Waals surface area contributed by atoms with Crippen molar-refractivity contribution in [3.8, 4) is 5.75 Å². The van der Waals surface area contributed by atoms with E-state index in [1.807, 2.05) is 19.3 Å². The number of nitrogens with one attached hydrogen (secondary N) is 2. The molecule has 4 N–H and O–H groups in total. The molecule has 3 heterocycles. The maximum atomic E-state index is 6.14. The van der Waals surface area contributed by atoms with Gasteiger partial charge >= 0.3 is 0 Å². The quantitative estimate of drug-likeness (QED) is 0.179. The van der Waals surface area contributed by atoms with Gasteiger partial charge in [0.25, 0.3) is 0 Å². The van der Waals surface area contributed by atoms with Crippen molar-refractivity contribution in [3.05, 3.63) is 77.0 Å². The molecule has 0 bridgehead atoms. The molecule has 9 heteroatoms. The van der Waals surface area contributed by atoms with Gasteiger partial charge in [-0.2, -0.15) is 4.98 Å². The molecule has 41 heavy (non-hydrogen) atoms. The fourth-order valence-corrected chi connectivity index (χ4v) is 5.35. The second-order valence-corrected chi connectivity index (χ2v) is 10.9. The van der Waals surface area contributed by atoms with Gasteiger partial charge in [0.15, 0.2) is 5.82 Å². The highest BCUT2D eigenvalue weighted by Gasteiger charge is 2.27. The first-order valence-corrected chi connectivity index (χ1v) is 14.6. The number of hydrogen-bond acceptors (Lipinski definition) is 8. The highest BCUT2D eigenvalue weighted by molar-refractivity contribution is 5.87. The van der Waals surface area contributed by atoms with Crippen molar-refractivity contribution in [3.63, 3.8) is 0 Å². The molecule has 0 aliphatic carbocycles. The number of rotatable bonds is 15. The molecule has 4 aromatic rings. The summed E-state index contributed by atoms with van der Waals surface area (Å²) in [6.07, 6.45) is 5.76. The Morgan fingerprint density at radius 2 is 1.76 bits per heavy atom. The summed E-state index contributed by atoms with van der Waals surface area (Å²) in [7, 11) is 3.70. The number of likely N-dealkylation sites (tertiary alicyclic amines) is 1. The second kappa shape index (κ2) is 13.8. The molecule has 218 valence electrons. The number of ether oxygens (including phenoxy) is 2. The first kappa shape index (κ1) is 28.9. The van der Waals surface area contributed by atoms with Gasteiger partial charge in [-0.25, -0.2) is 4.98 Å². The molecule has 0 radical (unpaired) electrons. The van der Waals surface area contributed by atoms with Gasteiger partial charge in [0.1, 0.15) is 11.3 Å². The highest BCUT2D eigenvalue weighted by Crippen LogP contribution is 2.28. The van der Waals surface area contributed by atoms with Crippen molar-refractivity contribution in [2.75, 3.05) is 44.8 Å². The Kier molecular flexibility index (Phi) is 9.71. The number of hydrogen-bond donors (Lipinski definition) is 3. The van der Waals surface area contributed by atoms with Crippen LogP contribution in [0.2, 0.25) is 0 Å². The van der Waals surface area contributed by atoms with Crippen LogP contribution in [-0.4, -0.2) is 59.3 Å². The van der Waals surface area contributed by atoms with E-state index < -0.39 is 0 Å². The molecule has 0 spiro atoms. The smallest absolute Gasteiger partial charge is 0.222 e. The molecule has 0 amide bonds. The number of aromatic nitrogens is 3. The maximum absolute atomic E-state index is 6.14. The van der Waals surface area contributed by atoms with Gasteiger partial charge in [0.2, 0.25) is 5.95 Å². The van der Waals surface area contributed by atoms with Crippen LogP contribution in [0.15, 0.2) is 54.7 Å². The summed E-state index contributed by atoms with van der Waals surface area (Å²) in [5.74, 6) is 1.95. The Morgan fingerprint density at radius 1 is 0.976 bits per heavy atom. The van der Waals surface area contributed by atoms with E-state index in [1.54, 1.807) is 7.11 Å². The fraction of sp³-hybridized carbons (Fsp3) is 0.438. The lowest BCUT2D eigenvalue weighted by molar-refractivity contribution is -0.0658. The van der Waals surface area contributed by atoms with Crippen LogP contribution < -0.4 is 21.1 Å². The summed E-state index contributed by atoms with van der Waals surface area (Å²) in [5, 5.41) is 6.65. The number of anilines is 2. The van der Waals surface area contributed by atoms with Crippen LogP contribution in [0, 0.1) is 0 Å². The van der Waals surface area contributed by atoms with E-state index in [-0.39, 0.29) is 12.1 Å². The van der Waals surface area contributed by atoms with E-state index in [0.29, 0.717) is 13.2 Å². The van der Waals surface area contributed by atoms with Crippen molar-refractivity contribution in [1.29, 1.82) is 0 Å². The average Bonchev–Trinajstić information content (AvgIpc) is 3.36. The van der Waals surface area contributed by atoms with Crippen LogP contribution in [0.1, 0.15) is 48.4 Å². The van der Waals surface area contributed by atoms with Gasteiger partial charge in [0.05, 0.1) is 31.9 Å². The molecule has 0 atom stereocenters. The van der Waals surface area contributed by atoms with E-state index in [4.69, 9.17) is 15.2 Å². The standard InChI is InChI=1S/C32H43N7O2/c1-4-5-6-14-35-31-30-28(36-32(33)37-31)13-15-39(30)19-26-12-11-25(16-29(26)40-3)18-38-20-27(21-38)41-22-24-9-7-23(8-10-24)17-34-2/h7-13,15-16,27,34H,4-6,14,17-22H2,1-3H3,(H3,33,35,36,37). The zero-order valence-electron chi connectivity index (χ0n) is 24.5. The van der Waals surface area contributed by atoms with Crippen LogP contribution in [0.25, 0.3) is 11.0 Å². The van der Waals surface area contributed by atoms with Crippen molar-refractivity contribution < 1.29 is 9.47 Å². The lowest BCUT2D eigenvalue weighted by Crippen LogP contribution is -2.51. The van der Waals surface area contributed by atoms with E-state index >= 15 is 0 Å². The zero-order valence-corrected chi connectivity index (χ0v) is 24.5. The third-order valence-electron chi connectivity index (χ3n) is 7.61. The number of fused-ring (bicyclic) bond motifs is 1. The number of nitrogen functional groups attached to an aromatic ring is 1. The minimum atomic E-state index is 0.274. The van der Waals surface area contributed by atoms with E-state index in [0.717, 1.165) is 67.3 Å². The zero-order chi connectivity index (χ0) is 28.6. The maximum Gasteiger partial charge on any atom is 0.222 e. The number of benzene rings is 2. The molecular weight excluding hydrogens is 514 g/mol. The van der Waals surface area contributed by atoms with Crippen LogP contribution in [-0.2, 0) is 31.0 Å². The predicted octanol–water partition coefficient (Wildman–Crippen LogP) is 4.79. The van der Waals surface area contributed by atoms with Gasteiger partial charge in [-0.15, -0.1) is 0 Å². The molecule has 1 fully saturated rings. The molecule has 0 unspecified atom stereocenters. The lowest BCUT2D eigenvalue weighted by Gasteiger charge is -2.39. The molecule has 1 aliphatic rings. The van der Waals surface area contributed by atoms with E-state index in [2.05, 4.69) is 79.5 Å². The summed E-state index contributed by atoms with van der Waals surface area (Å²) >= 11 is 0. The normalized spacial score (nSPS) is 13.9. The Bertz CT molecular complexity index is 1410. The largest absolute Gasteiger partial charge is 0.496 e. The molecule has 5 rings (SSSR count). The predicted molar refractivity (Wildman–Crippen MR) is 165 cm³/mol. The first-order valence-electron chi connectivity index (χ1n) is 14.6. The van der Waals surface area contributed by atoms with Crippen molar-refractivity contribution in [2.24, 2.45) is 0 Å². The molecule has 1 saturated heterocycles. The summed E-state index contributed by atoms with van der Waals surface area (Å²) in [6.45, 7) is 8.00. The van der Waals surface area contributed by atoms with Crippen LogP contribution in [0.4, 0.5) is 11.8 Å². The van der Waals surface area contributed by atoms with E-state index in [1.165, 1.54) is 29.5 Å². The summed E-state index contributed by atoms with van der Waals surface area (Å²) in [6, 6.07) is 17.1. The summed E-state index contributed by atoms with van der Waals surface area (Å²) in [5.41, 5.74) is 12.6. The van der Waals surface area contributed by atoms with Gasteiger partial charge in [-0.05, 0) is 42.3 Å². The summed E-state index contributed by atoms with van der Waals surface area (Å²) in [4.78, 5) is 11.4. The third kappa shape index (κ3) is 7.35. The van der Waals surface area contributed by atoms with Crippen LogP contribution in [0.5, 0.6) is 5.75 Å². The highest BCUT2D eigenvalue weighted by atomic mass is 16.5. The van der Waals surface area contributed by atoms with Crippen molar-refractivity contribution >= 4 is 22.8 Å². The third-order valence-corrected chi connectivity index (χ3v) is 7.61. The minimum Gasteiger partial charge on any atom is -0.496 e. The number of unbranched alkanes of at least 4 members (excludes halogenated alkanes) is 2. The lowest BCUT2D eigenvalue weighted by atomic mass is 10.1. The second-order valence-electron chi connectivity index (χ2n) is 10.9. The molecular formula is C32H43N7O2. The topological polar surface area (TPSA) is 102 Å². The van der Waals surface area contributed by atoms with Gasteiger partial charge in [-0.1, -0.05) is 56.2 Å². The Labute approximate surface area is 243 Å². The van der Waals surface area contributed by atoms with Gasteiger partial charge < -0.3 is 30.4 Å². The fourth-order valence-electron chi connectivity index (χ4n) is 5.35. The van der Waals surface area contributed by atoms with Crippen LogP contribution >= 0.6 is 0 Å². The minimum absolute atomic E-state index is 0.274. The Morgan fingerprint density at radius 3 is 2.51 bits per heavy atom. The first-order chi connectivity index (χ1) is 20.1. The SMILES string of the molecule is CCCCCNc1nc(N)nc2ccn(Cc3ccc(CN4CC(OCc5ccc(CNC)cc5)C4)cc3OC)c12.